The highest BCUT2D eigenvalue weighted by Gasteiger charge is 2.01. The topological polar surface area (TPSA) is 63.0 Å². The second kappa shape index (κ2) is 7.74. The quantitative estimate of drug-likeness (QED) is 0.717. The van der Waals surface area contributed by atoms with Crippen LogP contribution in [0.2, 0.25) is 0 Å². The number of aliphatic hydroxyl groups excluding tert-OH is 1. The number of hydrogen-bond donors (Lipinski definition) is 2. The fourth-order valence-electron chi connectivity index (χ4n) is 1.68. The Hall–Kier alpha value is -0.760. The minimum atomic E-state index is 0.184. The molecule has 2 rings (SSSR count). The first-order valence-corrected chi connectivity index (χ1v) is 7.83. The summed E-state index contributed by atoms with van der Waals surface area (Å²) in [6.07, 6.45) is 3.66. The SMILES string of the molecule is OCCCn1cc(CNCCc2ccc(Br)s2)nn1. The predicted octanol–water partition coefficient (Wildman–Crippen LogP) is 1.82. The van der Waals surface area contributed by atoms with E-state index in [9.17, 15) is 0 Å². The lowest BCUT2D eigenvalue weighted by molar-refractivity contribution is 0.276. The van der Waals surface area contributed by atoms with Gasteiger partial charge in [-0.25, -0.2) is 0 Å². The monoisotopic (exact) mass is 344 g/mol. The zero-order valence-corrected chi connectivity index (χ0v) is 13.0. The van der Waals surface area contributed by atoms with E-state index in [2.05, 4.69) is 43.7 Å². The van der Waals surface area contributed by atoms with E-state index < -0.39 is 0 Å². The van der Waals surface area contributed by atoms with E-state index in [4.69, 9.17) is 5.11 Å². The molecule has 0 aromatic carbocycles. The van der Waals surface area contributed by atoms with Gasteiger partial charge in [-0.15, -0.1) is 16.4 Å². The number of aliphatic hydroxyl groups is 1. The van der Waals surface area contributed by atoms with Gasteiger partial charge in [-0.2, -0.15) is 0 Å². The van der Waals surface area contributed by atoms with E-state index >= 15 is 0 Å². The summed E-state index contributed by atoms with van der Waals surface area (Å²) in [5.41, 5.74) is 0.935. The Morgan fingerprint density at radius 3 is 3.05 bits per heavy atom. The average molecular weight is 345 g/mol. The summed E-state index contributed by atoms with van der Waals surface area (Å²) < 4.78 is 2.94. The Morgan fingerprint density at radius 2 is 2.32 bits per heavy atom. The maximum atomic E-state index is 8.74. The van der Waals surface area contributed by atoms with Crippen LogP contribution in [0.1, 0.15) is 17.0 Å². The lowest BCUT2D eigenvalue weighted by Crippen LogP contribution is -2.16. The zero-order chi connectivity index (χ0) is 13.5. The van der Waals surface area contributed by atoms with Crippen molar-refractivity contribution in [3.63, 3.8) is 0 Å². The zero-order valence-electron chi connectivity index (χ0n) is 10.5. The van der Waals surface area contributed by atoms with E-state index in [1.165, 1.54) is 8.66 Å². The molecule has 0 aliphatic heterocycles. The second-order valence-corrected chi connectivity index (χ2v) is 6.73. The summed E-state index contributed by atoms with van der Waals surface area (Å²) in [5.74, 6) is 0. The third kappa shape index (κ3) is 5.02. The molecule has 0 radical (unpaired) electrons. The van der Waals surface area contributed by atoms with Crippen LogP contribution in [0.5, 0.6) is 0 Å². The van der Waals surface area contributed by atoms with Crippen molar-refractivity contribution in [2.45, 2.75) is 25.9 Å². The molecule has 0 aliphatic carbocycles. The van der Waals surface area contributed by atoms with Crippen LogP contribution in [-0.4, -0.2) is 33.3 Å². The van der Waals surface area contributed by atoms with E-state index in [-0.39, 0.29) is 6.61 Å². The molecule has 0 amide bonds. The lowest BCUT2D eigenvalue weighted by Gasteiger charge is -2.00. The Labute approximate surface area is 124 Å². The molecule has 0 unspecified atom stereocenters. The van der Waals surface area contributed by atoms with Crippen molar-refractivity contribution in [2.24, 2.45) is 0 Å². The summed E-state index contributed by atoms with van der Waals surface area (Å²) in [6, 6.07) is 4.22. The maximum Gasteiger partial charge on any atom is 0.0964 e. The Bertz CT molecular complexity index is 499. The third-order valence-electron chi connectivity index (χ3n) is 2.61. The molecule has 0 spiro atoms. The Morgan fingerprint density at radius 1 is 1.42 bits per heavy atom. The minimum Gasteiger partial charge on any atom is -0.396 e. The van der Waals surface area contributed by atoms with E-state index in [1.54, 1.807) is 16.0 Å². The minimum absolute atomic E-state index is 0.184. The van der Waals surface area contributed by atoms with E-state index in [1.807, 2.05) is 6.20 Å². The summed E-state index contributed by atoms with van der Waals surface area (Å²) in [6.45, 7) is 2.55. The first-order valence-electron chi connectivity index (χ1n) is 6.23. The van der Waals surface area contributed by atoms with Gasteiger partial charge in [-0.05, 0) is 40.9 Å². The maximum absolute atomic E-state index is 8.74. The number of nitrogens with zero attached hydrogens (tertiary/aromatic N) is 3. The van der Waals surface area contributed by atoms with Gasteiger partial charge in [-0.3, -0.25) is 4.68 Å². The largest absolute Gasteiger partial charge is 0.396 e. The molecular weight excluding hydrogens is 328 g/mol. The number of nitrogens with one attached hydrogen (secondary N) is 1. The molecule has 7 heteroatoms. The molecule has 0 saturated heterocycles. The molecule has 0 saturated carbocycles. The molecule has 104 valence electrons. The van der Waals surface area contributed by atoms with Gasteiger partial charge in [0.25, 0.3) is 0 Å². The summed E-state index contributed by atoms with van der Waals surface area (Å²) >= 11 is 5.23. The van der Waals surface area contributed by atoms with Crippen LogP contribution in [0.15, 0.2) is 22.1 Å². The van der Waals surface area contributed by atoms with Crippen molar-refractivity contribution < 1.29 is 5.11 Å². The first kappa shape index (κ1) is 14.6. The highest BCUT2D eigenvalue weighted by molar-refractivity contribution is 9.11. The van der Waals surface area contributed by atoms with Gasteiger partial charge < -0.3 is 10.4 Å². The molecule has 0 aliphatic rings. The highest BCUT2D eigenvalue weighted by atomic mass is 79.9. The van der Waals surface area contributed by atoms with E-state index in [0.29, 0.717) is 13.0 Å². The standard InChI is InChI=1S/C12H17BrN4OS/c13-12-3-2-11(19-12)4-5-14-8-10-9-17(16-15-10)6-1-7-18/h2-3,9,14,18H,1,4-8H2. The number of halogens is 1. The molecule has 2 aromatic rings. The van der Waals surface area contributed by atoms with Gasteiger partial charge in [0.1, 0.15) is 0 Å². The molecule has 19 heavy (non-hydrogen) atoms. The molecular formula is C12H17BrN4OS. The number of rotatable bonds is 8. The van der Waals surface area contributed by atoms with Crippen molar-refractivity contribution in [2.75, 3.05) is 13.2 Å². The van der Waals surface area contributed by atoms with Crippen LogP contribution in [0.3, 0.4) is 0 Å². The molecule has 0 atom stereocenters. The number of aromatic nitrogens is 3. The van der Waals surface area contributed by atoms with Crippen molar-refractivity contribution in [1.29, 1.82) is 0 Å². The van der Waals surface area contributed by atoms with Crippen LogP contribution in [-0.2, 0) is 19.5 Å². The fourth-order valence-corrected chi connectivity index (χ4v) is 3.16. The molecule has 2 N–H and O–H groups in total. The van der Waals surface area contributed by atoms with Crippen LogP contribution in [0.4, 0.5) is 0 Å². The van der Waals surface area contributed by atoms with Crippen molar-refractivity contribution in [3.8, 4) is 0 Å². The molecule has 0 fully saturated rings. The molecule has 0 bridgehead atoms. The summed E-state index contributed by atoms with van der Waals surface area (Å²) in [5, 5.41) is 20.2. The number of hydrogen-bond acceptors (Lipinski definition) is 5. The molecule has 5 nitrogen and oxygen atoms in total. The number of aryl methyl sites for hydroxylation is 1. The van der Waals surface area contributed by atoms with Crippen molar-refractivity contribution in [1.82, 2.24) is 20.3 Å². The lowest BCUT2D eigenvalue weighted by atomic mass is 10.3. The third-order valence-corrected chi connectivity index (χ3v) is 4.30. The average Bonchev–Trinajstić information content (AvgIpc) is 3.01. The van der Waals surface area contributed by atoms with Gasteiger partial charge in [0.2, 0.25) is 0 Å². The highest BCUT2D eigenvalue weighted by Crippen LogP contribution is 2.21. The number of thiophene rings is 1. The fraction of sp³-hybridized carbons (Fsp3) is 0.500. The summed E-state index contributed by atoms with van der Waals surface area (Å²) in [4.78, 5) is 1.37. The van der Waals surface area contributed by atoms with Gasteiger partial charge in [-0.1, -0.05) is 5.21 Å². The summed E-state index contributed by atoms with van der Waals surface area (Å²) in [7, 11) is 0. The second-order valence-electron chi connectivity index (χ2n) is 4.18. The van der Waals surface area contributed by atoms with Gasteiger partial charge in [0.05, 0.1) is 9.48 Å². The van der Waals surface area contributed by atoms with Gasteiger partial charge in [0.15, 0.2) is 0 Å². The van der Waals surface area contributed by atoms with Crippen LogP contribution in [0, 0.1) is 0 Å². The van der Waals surface area contributed by atoms with Gasteiger partial charge >= 0.3 is 0 Å². The van der Waals surface area contributed by atoms with Crippen molar-refractivity contribution >= 4 is 27.3 Å². The van der Waals surface area contributed by atoms with E-state index in [0.717, 1.165) is 25.2 Å². The Balaban J connectivity index is 1.66. The molecule has 2 heterocycles. The van der Waals surface area contributed by atoms with Crippen LogP contribution >= 0.6 is 27.3 Å². The first-order chi connectivity index (χ1) is 9.28. The van der Waals surface area contributed by atoms with Crippen LogP contribution in [0.25, 0.3) is 0 Å². The van der Waals surface area contributed by atoms with Gasteiger partial charge in [0, 0.05) is 37.3 Å². The van der Waals surface area contributed by atoms with Crippen LogP contribution < -0.4 is 5.32 Å². The normalized spacial score (nSPS) is 11.1. The smallest absolute Gasteiger partial charge is 0.0964 e. The van der Waals surface area contributed by atoms with Crippen molar-refractivity contribution in [3.05, 3.63) is 32.7 Å². The predicted molar refractivity (Wildman–Crippen MR) is 79.2 cm³/mol. The Kier molecular flexibility index (Phi) is 5.96. The molecule has 2 aromatic heterocycles.